The van der Waals surface area contributed by atoms with Crippen molar-refractivity contribution in [2.24, 2.45) is 12.1 Å². The molecule has 10 nitrogen and oxygen atoms in total. The van der Waals surface area contributed by atoms with Gasteiger partial charge in [0, 0.05) is 24.0 Å². The first-order valence-electron chi connectivity index (χ1n) is 14.4. The van der Waals surface area contributed by atoms with Gasteiger partial charge in [0.25, 0.3) is 21.5 Å². The molecule has 1 N–H and O–H groups in total. The molecule has 45 heavy (non-hydrogen) atoms. The van der Waals surface area contributed by atoms with Gasteiger partial charge in [-0.15, -0.1) is 0 Å². The third-order valence-electron chi connectivity index (χ3n) is 7.92. The second-order valence-corrected chi connectivity index (χ2v) is 12.8. The van der Waals surface area contributed by atoms with Crippen molar-refractivity contribution in [1.82, 2.24) is 19.4 Å². The molecule has 0 saturated carbocycles. The predicted octanol–water partition coefficient (Wildman–Crippen LogP) is 4.85. The number of carbonyl (C=O) groups is 1. The van der Waals surface area contributed by atoms with Crippen LogP contribution in [0.25, 0.3) is 11.4 Å². The number of nitrogens with one attached hydrogen (secondary N) is 1. The van der Waals surface area contributed by atoms with Crippen LogP contribution in [-0.4, -0.2) is 41.0 Å². The molecule has 5 aromatic rings. The van der Waals surface area contributed by atoms with Crippen LogP contribution in [0, 0.1) is 34.6 Å². The van der Waals surface area contributed by atoms with Crippen LogP contribution in [0.3, 0.4) is 0 Å². The summed E-state index contributed by atoms with van der Waals surface area (Å²) in [6, 6.07) is 24.7. The van der Waals surface area contributed by atoms with Crippen LogP contribution in [0.1, 0.15) is 33.8 Å². The first-order chi connectivity index (χ1) is 21.4. The number of benzene rings is 3. The van der Waals surface area contributed by atoms with Gasteiger partial charge in [-0.2, -0.15) is 5.10 Å². The normalized spacial score (nSPS) is 11.7. The van der Waals surface area contributed by atoms with Crippen molar-refractivity contribution in [1.29, 1.82) is 0 Å². The molecule has 0 fully saturated rings. The number of aromatic nitrogens is 3. The van der Waals surface area contributed by atoms with E-state index in [0.717, 1.165) is 38.1 Å². The van der Waals surface area contributed by atoms with Crippen LogP contribution in [0.15, 0.2) is 99.7 Å². The van der Waals surface area contributed by atoms with E-state index in [1.165, 1.54) is 23.0 Å². The molecule has 0 aliphatic heterocycles. The van der Waals surface area contributed by atoms with Crippen molar-refractivity contribution in [3.05, 3.63) is 129 Å². The largest absolute Gasteiger partial charge is 0.317 e. The number of anilines is 1. The fourth-order valence-electron chi connectivity index (χ4n) is 5.61. The molecule has 232 valence electrons. The average molecular weight is 625 g/mol. The lowest BCUT2D eigenvalue weighted by atomic mass is 10.1. The number of amides is 1. The molecule has 0 radical (unpaired) electrons. The lowest BCUT2D eigenvalue weighted by Gasteiger charge is -2.22. The molecule has 1 amide bonds. The van der Waals surface area contributed by atoms with Crippen molar-refractivity contribution in [3.63, 3.8) is 0 Å². The highest BCUT2D eigenvalue weighted by molar-refractivity contribution is 7.92. The fourth-order valence-corrected chi connectivity index (χ4v) is 7.10. The maximum Gasteiger partial charge on any atom is 0.296 e. The van der Waals surface area contributed by atoms with E-state index in [1.807, 2.05) is 32.0 Å². The number of carbonyl (C=O) groups excluding carboxylic acids is 1. The Hall–Kier alpha value is -5.16. The first kappa shape index (κ1) is 31.3. The molecule has 11 heteroatoms. The maximum atomic E-state index is 13.9. The van der Waals surface area contributed by atoms with Crippen molar-refractivity contribution >= 4 is 27.8 Å². The highest BCUT2D eigenvalue weighted by atomic mass is 32.2. The van der Waals surface area contributed by atoms with E-state index in [9.17, 15) is 18.0 Å². The van der Waals surface area contributed by atoms with Crippen molar-refractivity contribution in [2.75, 3.05) is 10.8 Å². The third-order valence-corrected chi connectivity index (χ3v) is 9.68. The van der Waals surface area contributed by atoms with E-state index in [2.05, 4.69) is 41.1 Å². The van der Waals surface area contributed by atoms with Gasteiger partial charge in [-0.05, 0) is 76.1 Å². The summed E-state index contributed by atoms with van der Waals surface area (Å²) in [6.45, 7) is 9.09. The average Bonchev–Trinajstić information content (AvgIpc) is 3.41. The summed E-state index contributed by atoms with van der Waals surface area (Å²) in [4.78, 5) is 27.1. The number of nitrogens with zero attached hydrogens (tertiary/aromatic N) is 5. The van der Waals surface area contributed by atoms with Crippen LogP contribution >= 0.6 is 0 Å². The Morgan fingerprint density at radius 1 is 0.867 bits per heavy atom. The van der Waals surface area contributed by atoms with Crippen LogP contribution in [-0.2, 0) is 21.9 Å². The zero-order valence-corrected chi connectivity index (χ0v) is 27.0. The van der Waals surface area contributed by atoms with Gasteiger partial charge in [-0.25, -0.2) is 22.8 Å². The van der Waals surface area contributed by atoms with Crippen molar-refractivity contribution in [2.45, 2.75) is 39.5 Å². The topological polar surface area (TPSA) is 111 Å². The summed E-state index contributed by atoms with van der Waals surface area (Å²) in [7, 11) is -2.65. The Kier molecular flexibility index (Phi) is 8.65. The monoisotopic (exact) mass is 624 g/mol. The number of hydrogen-bond acceptors (Lipinski definition) is 5. The molecular formula is C34H36N6O4S. The SMILES string of the molecule is Cc1cccc(C)c1-n1c(C)cc(/C=N/NC(=O)CN(c2c(C)n(C)n(-c3ccccc3)c2=O)S(=O)(=O)c2ccccc2)c1C. The second kappa shape index (κ2) is 12.4. The summed E-state index contributed by atoms with van der Waals surface area (Å²) in [5.74, 6) is -0.705. The fraction of sp³-hybridized carbons (Fsp3) is 0.206. The number of sulfonamides is 1. The highest BCUT2D eigenvalue weighted by Gasteiger charge is 2.33. The molecule has 0 saturated heterocycles. The third kappa shape index (κ3) is 5.86. The van der Waals surface area contributed by atoms with Gasteiger partial charge in [0.2, 0.25) is 0 Å². The van der Waals surface area contributed by atoms with Crippen molar-refractivity contribution in [3.8, 4) is 11.4 Å². The maximum absolute atomic E-state index is 13.9. The summed E-state index contributed by atoms with van der Waals surface area (Å²) >= 11 is 0. The van der Waals surface area contributed by atoms with Crippen LogP contribution in [0.5, 0.6) is 0 Å². The number of aryl methyl sites for hydroxylation is 3. The zero-order valence-electron chi connectivity index (χ0n) is 26.1. The predicted molar refractivity (Wildman–Crippen MR) is 177 cm³/mol. The molecule has 0 aliphatic carbocycles. The molecule has 0 bridgehead atoms. The van der Waals surface area contributed by atoms with E-state index in [1.54, 1.807) is 61.1 Å². The molecular weight excluding hydrogens is 588 g/mol. The van der Waals surface area contributed by atoms with E-state index < -0.39 is 28.0 Å². The molecule has 3 aromatic carbocycles. The summed E-state index contributed by atoms with van der Waals surface area (Å²) in [5, 5.41) is 4.16. The number of para-hydroxylation sites is 2. The van der Waals surface area contributed by atoms with E-state index in [0.29, 0.717) is 11.4 Å². The van der Waals surface area contributed by atoms with Gasteiger partial charge >= 0.3 is 0 Å². The van der Waals surface area contributed by atoms with Crippen molar-refractivity contribution < 1.29 is 13.2 Å². The van der Waals surface area contributed by atoms with E-state index in [-0.39, 0.29) is 10.6 Å². The Labute approximate surface area is 262 Å². The van der Waals surface area contributed by atoms with Gasteiger partial charge in [0.05, 0.1) is 28.2 Å². The van der Waals surface area contributed by atoms with Gasteiger partial charge in [-0.3, -0.25) is 14.3 Å². The Balaban J connectivity index is 1.48. The van der Waals surface area contributed by atoms with E-state index in [4.69, 9.17) is 0 Å². The minimum Gasteiger partial charge on any atom is -0.317 e. The summed E-state index contributed by atoms with van der Waals surface area (Å²) < 4.78 is 33.9. The standard InChI is InChI=1S/C34H36N6O4S/c1-23-14-13-15-24(2)32(23)39-25(3)20-28(26(39)4)21-35-36-31(41)22-38(45(43,44)30-18-11-8-12-19-30)33-27(5)37(6)40(34(33)42)29-16-9-7-10-17-29/h7-21H,22H2,1-6H3,(H,36,41)/b35-21+. The van der Waals surface area contributed by atoms with Crippen LogP contribution < -0.4 is 15.3 Å². The Morgan fingerprint density at radius 2 is 1.47 bits per heavy atom. The highest BCUT2D eigenvalue weighted by Crippen LogP contribution is 2.27. The minimum absolute atomic E-state index is 0.0471. The van der Waals surface area contributed by atoms with Gasteiger partial charge in [0.15, 0.2) is 0 Å². The number of hydrogen-bond donors (Lipinski definition) is 1. The molecule has 5 rings (SSSR count). The molecule has 0 unspecified atom stereocenters. The van der Waals surface area contributed by atoms with Crippen LogP contribution in [0.2, 0.25) is 0 Å². The molecule has 2 aromatic heterocycles. The molecule has 2 heterocycles. The number of hydrazone groups is 1. The van der Waals surface area contributed by atoms with Gasteiger partial charge in [0.1, 0.15) is 12.2 Å². The smallest absolute Gasteiger partial charge is 0.296 e. The Bertz CT molecular complexity index is 2050. The van der Waals surface area contributed by atoms with Crippen LogP contribution in [0.4, 0.5) is 5.69 Å². The lowest BCUT2D eigenvalue weighted by molar-refractivity contribution is -0.119. The first-order valence-corrected chi connectivity index (χ1v) is 15.9. The van der Waals surface area contributed by atoms with E-state index >= 15 is 0 Å². The second-order valence-electron chi connectivity index (χ2n) is 10.9. The lowest BCUT2D eigenvalue weighted by Crippen LogP contribution is -2.42. The number of rotatable bonds is 9. The molecule has 0 aliphatic rings. The van der Waals surface area contributed by atoms with Gasteiger partial charge in [-0.1, -0.05) is 54.6 Å². The quantitative estimate of drug-likeness (QED) is 0.187. The summed E-state index contributed by atoms with van der Waals surface area (Å²) in [5.41, 5.74) is 8.81. The zero-order chi connectivity index (χ0) is 32.5. The minimum atomic E-state index is -4.31. The Morgan fingerprint density at radius 3 is 2.09 bits per heavy atom. The molecule has 0 atom stereocenters. The van der Waals surface area contributed by atoms with Gasteiger partial charge < -0.3 is 4.57 Å². The summed E-state index contributed by atoms with van der Waals surface area (Å²) in [6.07, 6.45) is 1.54. The molecule has 0 spiro atoms.